The maximum absolute atomic E-state index is 11.5. The van der Waals surface area contributed by atoms with Crippen molar-refractivity contribution in [2.24, 2.45) is 0 Å². The number of hydrogen-bond acceptors (Lipinski definition) is 7. The van der Waals surface area contributed by atoms with E-state index in [4.69, 9.17) is 9.15 Å². The van der Waals surface area contributed by atoms with Crippen LogP contribution in [-0.2, 0) is 9.53 Å². The molecule has 17 heavy (non-hydrogen) atoms. The van der Waals surface area contributed by atoms with Gasteiger partial charge in [-0.15, -0.1) is 0 Å². The van der Waals surface area contributed by atoms with E-state index in [9.17, 15) is 9.59 Å². The Morgan fingerprint density at radius 1 is 1.65 bits per heavy atom. The number of hydrogen-bond donors (Lipinski definition) is 1. The largest absolute Gasteiger partial charge is 0.459 e. The highest BCUT2D eigenvalue weighted by atomic mass is 32.1. The highest BCUT2D eigenvalue weighted by Gasteiger charge is 2.32. The molecule has 1 saturated heterocycles. The van der Waals surface area contributed by atoms with Crippen molar-refractivity contribution in [2.75, 3.05) is 18.1 Å². The third-order valence-electron chi connectivity index (χ3n) is 2.20. The molecule has 1 unspecified atom stereocenters. The van der Waals surface area contributed by atoms with Crippen LogP contribution in [0.3, 0.4) is 0 Å². The summed E-state index contributed by atoms with van der Waals surface area (Å²) in [6.45, 7) is 2.29. The number of ether oxygens (including phenoxy) is 1. The molecule has 1 amide bonds. The Kier molecular flexibility index (Phi) is 3.32. The lowest BCUT2D eigenvalue weighted by molar-refractivity contribution is -0.117. The van der Waals surface area contributed by atoms with E-state index < -0.39 is 5.97 Å². The molecule has 2 heterocycles. The van der Waals surface area contributed by atoms with Crippen LogP contribution in [-0.4, -0.2) is 40.5 Å². The second kappa shape index (κ2) is 4.74. The van der Waals surface area contributed by atoms with Crippen LogP contribution in [0.25, 0.3) is 0 Å². The van der Waals surface area contributed by atoms with Gasteiger partial charge in [-0.05, 0) is 6.92 Å². The number of amides is 1. The van der Waals surface area contributed by atoms with Crippen LogP contribution in [0.1, 0.15) is 24.0 Å². The number of nitrogens with zero attached hydrogens (tertiary/aromatic N) is 3. The van der Waals surface area contributed by atoms with Crippen molar-refractivity contribution < 1.29 is 18.7 Å². The maximum atomic E-state index is 11.5. The monoisotopic (exact) mass is 257 g/mol. The van der Waals surface area contributed by atoms with Crippen LogP contribution in [0.5, 0.6) is 0 Å². The number of aromatic nitrogens is 2. The summed E-state index contributed by atoms with van der Waals surface area (Å²) in [5.41, 5.74) is 0. The number of esters is 1. The van der Waals surface area contributed by atoms with Crippen LogP contribution in [0, 0.1) is 0 Å². The number of carbonyl (C=O) groups excluding carboxylic acids is 2. The number of thiol groups is 1. The van der Waals surface area contributed by atoms with Gasteiger partial charge in [-0.3, -0.25) is 9.69 Å². The first-order valence-electron chi connectivity index (χ1n) is 5.11. The molecule has 1 aromatic rings. The van der Waals surface area contributed by atoms with Crippen molar-refractivity contribution in [3.05, 3.63) is 5.89 Å². The molecule has 0 aromatic carbocycles. The van der Waals surface area contributed by atoms with E-state index >= 15 is 0 Å². The third-order valence-corrected chi connectivity index (χ3v) is 2.55. The highest BCUT2D eigenvalue weighted by molar-refractivity contribution is 7.81. The first-order valence-corrected chi connectivity index (χ1v) is 5.62. The van der Waals surface area contributed by atoms with Crippen LogP contribution >= 0.6 is 12.6 Å². The van der Waals surface area contributed by atoms with Gasteiger partial charge in [-0.1, -0.05) is 10.2 Å². The number of carbonyl (C=O) groups is 2. The predicted molar refractivity (Wildman–Crippen MR) is 60.0 cm³/mol. The van der Waals surface area contributed by atoms with Crippen LogP contribution in [0.4, 0.5) is 6.01 Å². The molecule has 1 aromatic heterocycles. The fourth-order valence-corrected chi connectivity index (χ4v) is 1.79. The molecule has 1 aliphatic rings. The zero-order valence-electron chi connectivity index (χ0n) is 9.12. The minimum Gasteiger partial charge on any atom is -0.459 e. The molecule has 0 spiro atoms. The Bertz CT molecular complexity index is 447. The van der Waals surface area contributed by atoms with Crippen LogP contribution in [0.2, 0.25) is 0 Å². The number of rotatable bonds is 3. The van der Waals surface area contributed by atoms with Gasteiger partial charge in [0.05, 0.1) is 6.61 Å². The lowest BCUT2D eigenvalue weighted by atomic mass is 10.4. The second-order valence-electron chi connectivity index (χ2n) is 3.47. The van der Waals surface area contributed by atoms with E-state index in [2.05, 4.69) is 22.8 Å². The standard InChI is InChI=1S/C9H11N3O4S/c1-2-15-8(14)7-10-11-9(16-7)12-4-5(17)3-6(12)13/h5,17H,2-4H2,1H3. The summed E-state index contributed by atoms with van der Waals surface area (Å²) >= 11 is 4.20. The molecule has 7 nitrogen and oxygen atoms in total. The van der Waals surface area contributed by atoms with Gasteiger partial charge >= 0.3 is 17.9 Å². The minimum atomic E-state index is -0.694. The molecule has 0 radical (unpaired) electrons. The first-order chi connectivity index (χ1) is 8.11. The van der Waals surface area contributed by atoms with E-state index in [0.717, 1.165) is 0 Å². The maximum Gasteiger partial charge on any atom is 0.396 e. The third kappa shape index (κ3) is 2.41. The predicted octanol–water partition coefficient (Wildman–Crippen LogP) is 0.281. The van der Waals surface area contributed by atoms with Gasteiger partial charge in [-0.2, -0.15) is 12.6 Å². The van der Waals surface area contributed by atoms with Gasteiger partial charge in [0, 0.05) is 18.2 Å². The van der Waals surface area contributed by atoms with E-state index in [-0.39, 0.29) is 29.7 Å². The second-order valence-corrected chi connectivity index (χ2v) is 4.20. The van der Waals surface area contributed by atoms with Gasteiger partial charge in [0.2, 0.25) is 5.91 Å². The molecule has 0 N–H and O–H groups in total. The van der Waals surface area contributed by atoms with Crippen LogP contribution in [0.15, 0.2) is 4.42 Å². The molecular weight excluding hydrogens is 246 g/mol. The zero-order chi connectivity index (χ0) is 12.4. The molecular formula is C9H11N3O4S. The Hall–Kier alpha value is -1.57. The summed E-state index contributed by atoms with van der Waals surface area (Å²) in [5, 5.41) is 7.11. The highest BCUT2D eigenvalue weighted by Crippen LogP contribution is 2.22. The summed E-state index contributed by atoms with van der Waals surface area (Å²) < 4.78 is 9.77. The summed E-state index contributed by atoms with van der Waals surface area (Å²) in [4.78, 5) is 24.1. The summed E-state index contributed by atoms with van der Waals surface area (Å²) in [6.07, 6.45) is 0.320. The quantitative estimate of drug-likeness (QED) is 0.618. The van der Waals surface area contributed by atoms with Crippen molar-refractivity contribution >= 4 is 30.5 Å². The normalized spacial score (nSPS) is 19.8. The Labute approximate surface area is 103 Å². The molecule has 0 bridgehead atoms. The van der Waals surface area contributed by atoms with Crippen LogP contribution < -0.4 is 4.90 Å². The molecule has 0 aliphatic carbocycles. The molecule has 2 rings (SSSR count). The molecule has 8 heteroatoms. The van der Waals surface area contributed by atoms with E-state index in [0.29, 0.717) is 13.0 Å². The van der Waals surface area contributed by atoms with Gasteiger partial charge in [0.15, 0.2) is 0 Å². The zero-order valence-corrected chi connectivity index (χ0v) is 10.0. The fraction of sp³-hybridized carbons (Fsp3) is 0.556. The van der Waals surface area contributed by atoms with Crippen molar-refractivity contribution in [3.8, 4) is 0 Å². The van der Waals surface area contributed by atoms with Crippen molar-refractivity contribution in [2.45, 2.75) is 18.6 Å². The molecule has 0 saturated carbocycles. The summed E-state index contributed by atoms with van der Waals surface area (Å²) in [5.74, 6) is -1.10. The van der Waals surface area contributed by atoms with E-state index in [1.165, 1.54) is 4.90 Å². The van der Waals surface area contributed by atoms with E-state index in [1.54, 1.807) is 6.92 Å². The first kappa shape index (κ1) is 11.9. The Morgan fingerprint density at radius 2 is 2.41 bits per heavy atom. The van der Waals surface area contributed by atoms with E-state index in [1.807, 2.05) is 0 Å². The Morgan fingerprint density at radius 3 is 3.00 bits per heavy atom. The average molecular weight is 257 g/mol. The lowest BCUT2D eigenvalue weighted by Gasteiger charge is -2.08. The SMILES string of the molecule is CCOC(=O)c1nnc(N2CC(S)CC2=O)o1. The molecule has 1 aliphatic heterocycles. The topological polar surface area (TPSA) is 85.5 Å². The van der Waals surface area contributed by atoms with Gasteiger partial charge in [0.1, 0.15) is 0 Å². The van der Waals surface area contributed by atoms with Gasteiger partial charge in [-0.25, -0.2) is 4.79 Å². The van der Waals surface area contributed by atoms with Crippen molar-refractivity contribution in [3.63, 3.8) is 0 Å². The van der Waals surface area contributed by atoms with Gasteiger partial charge < -0.3 is 9.15 Å². The summed E-state index contributed by atoms with van der Waals surface area (Å²) in [6, 6.07) is 0.00889. The minimum absolute atomic E-state index is 0.00889. The molecule has 92 valence electrons. The summed E-state index contributed by atoms with van der Waals surface area (Å²) in [7, 11) is 0. The smallest absolute Gasteiger partial charge is 0.396 e. The lowest BCUT2D eigenvalue weighted by Crippen LogP contribution is -2.24. The fourth-order valence-electron chi connectivity index (χ4n) is 1.47. The molecule has 1 fully saturated rings. The number of anilines is 1. The Balaban J connectivity index is 2.13. The molecule has 1 atom stereocenters. The van der Waals surface area contributed by atoms with Gasteiger partial charge in [0.25, 0.3) is 0 Å². The van der Waals surface area contributed by atoms with Crippen molar-refractivity contribution in [1.82, 2.24) is 10.2 Å². The average Bonchev–Trinajstić information content (AvgIpc) is 2.85. The van der Waals surface area contributed by atoms with Crippen molar-refractivity contribution in [1.29, 1.82) is 0 Å².